The first kappa shape index (κ1) is 13.3. The van der Waals surface area contributed by atoms with Crippen LogP contribution >= 0.6 is 15.9 Å². The van der Waals surface area contributed by atoms with Crippen LogP contribution in [0.25, 0.3) is 0 Å². The first-order valence-electron chi connectivity index (χ1n) is 7.17. The van der Waals surface area contributed by atoms with E-state index >= 15 is 0 Å². The molecule has 2 saturated heterocycles. The van der Waals surface area contributed by atoms with E-state index in [1.807, 2.05) is 0 Å². The molecule has 1 unspecified atom stereocenters. The van der Waals surface area contributed by atoms with Gasteiger partial charge in [0.2, 0.25) is 0 Å². The molecule has 0 aromatic carbocycles. The molecule has 2 aliphatic rings. The number of nitrogens with zero attached hydrogens (tertiary/aromatic N) is 4. The normalized spacial score (nSPS) is 24.0. The predicted molar refractivity (Wildman–Crippen MR) is 80.6 cm³/mol. The van der Waals surface area contributed by atoms with Crippen LogP contribution in [0.15, 0.2) is 10.7 Å². The van der Waals surface area contributed by atoms with Gasteiger partial charge in [-0.1, -0.05) is 13.8 Å². The van der Waals surface area contributed by atoms with Gasteiger partial charge in [0.25, 0.3) is 0 Å². The zero-order chi connectivity index (χ0) is 13.4. The van der Waals surface area contributed by atoms with Crippen molar-refractivity contribution in [3.63, 3.8) is 0 Å². The summed E-state index contributed by atoms with van der Waals surface area (Å²) >= 11 is 3.52. The Labute approximate surface area is 123 Å². The van der Waals surface area contributed by atoms with Crippen molar-refractivity contribution < 1.29 is 0 Å². The first-order chi connectivity index (χ1) is 9.13. The fraction of sp³-hybridized carbons (Fsp3) is 0.714. The van der Waals surface area contributed by atoms with Crippen molar-refractivity contribution in [2.75, 3.05) is 31.1 Å². The number of hydrogen-bond acceptors (Lipinski definition) is 4. The molecule has 104 valence electrons. The standard InChI is InChI=1S/C14H21BrN4/c1-10(2)14-16-12(15)8-13(17-14)19-7-6-18-5-3-4-11(18)9-19/h8,10-11H,3-7,9H2,1-2H3. The second-order valence-electron chi connectivity index (χ2n) is 5.84. The lowest BCUT2D eigenvalue weighted by Gasteiger charge is -2.38. The lowest BCUT2D eigenvalue weighted by molar-refractivity contribution is 0.230. The second-order valence-corrected chi connectivity index (χ2v) is 6.65. The fourth-order valence-corrected chi connectivity index (χ4v) is 3.43. The fourth-order valence-electron chi connectivity index (χ4n) is 3.04. The third-order valence-corrected chi connectivity index (χ3v) is 4.53. The Balaban J connectivity index is 1.81. The third kappa shape index (κ3) is 2.77. The van der Waals surface area contributed by atoms with E-state index in [0.29, 0.717) is 5.92 Å². The zero-order valence-corrected chi connectivity index (χ0v) is 13.2. The summed E-state index contributed by atoms with van der Waals surface area (Å²) in [7, 11) is 0. The minimum absolute atomic E-state index is 0.365. The molecule has 0 N–H and O–H groups in total. The Morgan fingerprint density at radius 1 is 1.26 bits per heavy atom. The highest BCUT2D eigenvalue weighted by molar-refractivity contribution is 9.10. The van der Waals surface area contributed by atoms with E-state index < -0.39 is 0 Å². The molecule has 3 heterocycles. The van der Waals surface area contributed by atoms with Gasteiger partial charge in [-0.3, -0.25) is 4.90 Å². The van der Waals surface area contributed by atoms with Gasteiger partial charge in [0.15, 0.2) is 0 Å². The van der Waals surface area contributed by atoms with Crippen LogP contribution in [-0.2, 0) is 0 Å². The second kappa shape index (κ2) is 5.37. The smallest absolute Gasteiger partial charge is 0.134 e. The van der Waals surface area contributed by atoms with Gasteiger partial charge in [-0.25, -0.2) is 9.97 Å². The molecule has 19 heavy (non-hydrogen) atoms. The van der Waals surface area contributed by atoms with Crippen molar-refractivity contribution in [3.8, 4) is 0 Å². The molecule has 1 aromatic rings. The summed E-state index contributed by atoms with van der Waals surface area (Å²) in [5, 5.41) is 0. The molecule has 0 bridgehead atoms. The SMILES string of the molecule is CC(C)c1nc(Br)cc(N2CCN3CCCC3C2)n1. The highest BCUT2D eigenvalue weighted by Crippen LogP contribution is 2.26. The van der Waals surface area contributed by atoms with E-state index in [-0.39, 0.29) is 0 Å². The van der Waals surface area contributed by atoms with E-state index in [2.05, 4.69) is 50.6 Å². The Kier molecular flexibility index (Phi) is 3.76. The van der Waals surface area contributed by atoms with E-state index in [0.717, 1.165) is 35.4 Å². The third-order valence-electron chi connectivity index (χ3n) is 4.13. The zero-order valence-electron chi connectivity index (χ0n) is 11.6. The monoisotopic (exact) mass is 324 g/mol. The van der Waals surface area contributed by atoms with E-state index in [1.165, 1.54) is 25.9 Å². The maximum absolute atomic E-state index is 4.74. The molecule has 2 aliphatic heterocycles. The van der Waals surface area contributed by atoms with Crippen LogP contribution in [0.5, 0.6) is 0 Å². The average Bonchev–Trinajstić information content (AvgIpc) is 2.85. The molecule has 0 radical (unpaired) electrons. The summed E-state index contributed by atoms with van der Waals surface area (Å²) in [6.07, 6.45) is 2.68. The molecule has 3 rings (SSSR count). The van der Waals surface area contributed by atoms with Gasteiger partial charge in [-0.2, -0.15) is 0 Å². The number of aromatic nitrogens is 2. The van der Waals surface area contributed by atoms with Crippen molar-refractivity contribution in [3.05, 3.63) is 16.5 Å². The molecule has 0 saturated carbocycles. The van der Waals surface area contributed by atoms with E-state index in [1.54, 1.807) is 0 Å². The van der Waals surface area contributed by atoms with Crippen molar-refractivity contribution >= 4 is 21.7 Å². The molecule has 5 heteroatoms. The summed E-state index contributed by atoms with van der Waals surface area (Å²) in [6, 6.07) is 2.78. The Morgan fingerprint density at radius 3 is 2.89 bits per heavy atom. The molecule has 4 nitrogen and oxygen atoms in total. The van der Waals surface area contributed by atoms with Gasteiger partial charge >= 0.3 is 0 Å². The van der Waals surface area contributed by atoms with Crippen LogP contribution in [-0.4, -0.2) is 47.1 Å². The van der Waals surface area contributed by atoms with Crippen molar-refractivity contribution in [2.45, 2.75) is 38.6 Å². The Morgan fingerprint density at radius 2 is 2.11 bits per heavy atom. The van der Waals surface area contributed by atoms with Gasteiger partial charge in [0, 0.05) is 37.7 Å². The number of halogens is 1. The topological polar surface area (TPSA) is 32.3 Å². The van der Waals surface area contributed by atoms with Crippen molar-refractivity contribution in [2.24, 2.45) is 0 Å². The Bertz CT molecular complexity index is 463. The predicted octanol–water partition coefficient (Wildman–Crippen LogP) is 2.65. The van der Waals surface area contributed by atoms with Crippen LogP contribution in [0, 0.1) is 0 Å². The summed E-state index contributed by atoms with van der Waals surface area (Å²) in [5.74, 6) is 2.37. The van der Waals surface area contributed by atoms with Gasteiger partial charge in [0.1, 0.15) is 16.2 Å². The van der Waals surface area contributed by atoms with E-state index in [9.17, 15) is 0 Å². The van der Waals surface area contributed by atoms with Crippen molar-refractivity contribution in [1.82, 2.24) is 14.9 Å². The minimum Gasteiger partial charge on any atom is -0.354 e. The number of piperazine rings is 1. The van der Waals surface area contributed by atoms with Gasteiger partial charge in [0.05, 0.1) is 0 Å². The highest BCUT2D eigenvalue weighted by Gasteiger charge is 2.31. The lowest BCUT2D eigenvalue weighted by Crippen LogP contribution is -2.50. The van der Waals surface area contributed by atoms with Crippen LogP contribution < -0.4 is 4.90 Å². The number of fused-ring (bicyclic) bond motifs is 1. The maximum Gasteiger partial charge on any atom is 0.134 e. The summed E-state index contributed by atoms with van der Waals surface area (Å²) in [6.45, 7) is 8.92. The van der Waals surface area contributed by atoms with Crippen LogP contribution in [0.1, 0.15) is 38.4 Å². The summed E-state index contributed by atoms with van der Waals surface area (Å²) < 4.78 is 0.898. The molecule has 2 fully saturated rings. The number of rotatable bonds is 2. The molecule has 0 spiro atoms. The number of anilines is 1. The molecule has 0 aliphatic carbocycles. The minimum atomic E-state index is 0.365. The summed E-state index contributed by atoms with van der Waals surface area (Å²) in [4.78, 5) is 14.2. The number of hydrogen-bond donors (Lipinski definition) is 0. The molecular weight excluding hydrogens is 304 g/mol. The van der Waals surface area contributed by atoms with Gasteiger partial charge in [-0.15, -0.1) is 0 Å². The first-order valence-corrected chi connectivity index (χ1v) is 7.96. The molecule has 0 amide bonds. The highest BCUT2D eigenvalue weighted by atomic mass is 79.9. The average molecular weight is 325 g/mol. The van der Waals surface area contributed by atoms with Crippen LogP contribution in [0.3, 0.4) is 0 Å². The van der Waals surface area contributed by atoms with Gasteiger partial charge < -0.3 is 4.90 Å². The summed E-state index contributed by atoms with van der Waals surface area (Å²) in [5.41, 5.74) is 0. The van der Waals surface area contributed by atoms with Crippen LogP contribution in [0.2, 0.25) is 0 Å². The lowest BCUT2D eigenvalue weighted by atomic mass is 10.1. The Hall–Kier alpha value is -0.680. The van der Waals surface area contributed by atoms with E-state index in [4.69, 9.17) is 4.98 Å². The van der Waals surface area contributed by atoms with Crippen molar-refractivity contribution in [1.29, 1.82) is 0 Å². The maximum atomic E-state index is 4.74. The molecule has 1 atom stereocenters. The van der Waals surface area contributed by atoms with Crippen LogP contribution in [0.4, 0.5) is 5.82 Å². The molecular formula is C14H21BrN4. The quantitative estimate of drug-likeness (QED) is 0.783. The largest absolute Gasteiger partial charge is 0.354 e. The van der Waals surface area contributed by atoms with Gasteiger partial charge in [-0.05, 0) is 35.3 Å². The molecule has 1 aromatic heterocycles.